The molecule has 28 heavy (non-hydrogen) atoms. The van der Waals surface area contributed by atoms with Gasteiger partial charge in [-0.05, 0) is 18.9 Å². The van der Waals surface area contributed by atoms with E-state index >= 15 is 0 Å². The molecule has 0 spiro atoms. The molecule has 0 aliphatic heterocycles. The van der Waals surface area contributed by atoms with Gasteiger partial charge in [-0.15, -0.1) is 0 Å². The standard InChI is InChI=1S/C18H17N3O7/c1-11(19-16(18(23)24)7-12-5-3-2-4-6-12)17(22)13-8-14(20(25)26)10-15(9-13)21(27)28/h2-6,8-11,16,19H,7H2,1H3,(H,23,24)/t11?,16-/m0/s1. The maximum atomic E-state index is 12.6. The summed E-state index contributed by atoms with van der Waals surface area (Å²) in [6, 6.07) is 9.28. The third-order valence-corrected chi connectivity index (χ3v) is 4.03. The predicted octanol–water partition coefficient (Wildman–Crippen LogP) is 2.36. The van der Waals surface area contributed by atoms with Crippen LogP contribution in [-0.4, -0.2) is 38.8 Å². The van der Waals surface area contributed by atoms with Crippen LogP contribution in [0.5, 0.6) is 0 Å². The summed E-state index contributed by atoms with van der Waals surface area (Å²) in [5.74, 6) is -1.86. The summed E-state index contributed by atoms with van der Waals surface area (Å²) in [5.41, 5.74) is -0.689. The highest BCUT2D eigenvalue weighted by Crippen LogP contribution is 2.23. The molecule has 0 saturated carbocycles. The highest BCUT2D eigenvalue weighted by atomic mass is 16.6. The highest BCUT2D eigenvalue weighted by Gasteiger charge is 2.27. The fourth-order valence-corrected chi connectivity index (χ4v) is 2.64. The Kier molecular flexibility index (Phi) is 6.51. The Labute approximate surface area is 159 Å². The Morgan fingerprint density at radius 2 is 1.57 bits per heavy atom. The summed E-state index contributed by atoms with van der Waals surface area (Å²) in [5, 5.41) is 34.0. The minimum atomic E-state index is -1.17. The molecule has 0 radical (unpaired) electrons. The first-order chi connectivity index (χ1) is 13.2. The molecule has 0 aliphatic carbocycles. The van der Waals surface area contributed by atoms with Crippen LogP contribution in [0.1, 0.15) is 22.8 Å². The van der Waals surface area contributed by atoms with Gasteiger partial charge in [0.25, 0.3) is 11.4 Å². The first-order valence-corrected chi connectivity index (χ1v) is 8.20. The lowest BCUT2D eigenvalue weighted by atomic mass is 10.0. The molecule has 0 fully saturated rings. The van der Waals surface area contributed by atoms with Gasteiger partial charge in [-0.3, -0.25) is 35.1 Å². The summed E-state index contributed by atoms with van der Waals surface area (Å²) in [4.78, 5) is 44.4. The maximum absolute atomic E-state index is 12.6. The van der Waals surface area contributed by atoms with Crippen LogP contribution >= 0.6 is 0 Å². The number of benzene rings is 2. The van der Waals surface area contributed by atoms with Crippen LogP contribution in [0.4, 0.5) is 11.4 Å². The van der Waals surface area contributed by atoms with Gasteiger partial charge in [0.05, 0.1) is 22.0 Å². The summed E-state index contributed by atoms with van der Waals surface area (Å²) in [7, 11) is 0. The van der Waals surface area contributed by atoms with E-state index in [-0.39, 0.29) is 12.0 Å². The molecule has 10 nitrogen and oxygen atoms in total. The number of aliphatic carboxylic acids is 1. The second kappa shape index (κ2) is 8.82. The SMILES string of the molecule is CC(N[C@@H](Cc1ccccc1)C(=O)O)C(=O)c1cc([N+](=O)[O-])cc([N+](=O)[O-])c1. The lowest BCUT2D eigenvalue weighted by Crippen LogP contribution is -2.46. The normalized spacial score (nSPS) is 12.8. The minimum Gasteiger partial charge on any atom is -0.480 e. The number of hydrogen-bond acceptors (Lipinski definition) is 7. The largest absolute Gasteiger partial charge is 0.480 e. The van der Waals surface area contributed by atoms with Gasteiger partial charge < -0.3 is 5.11 Å². The van der Waals surface area contributed by atoms with Crippen molar-refractivity contribution in [3.8, 4) is 0 Å². The van der Waals surface area contributed by atoms with E-state index in [1.54, 1.807) is 30.3 Å². The van der Waals surface area contributed by atoms with Gasteiger partial charge in [0.1, 0.15) is 6.04 Å². The molecule has 1 unspecified atom stereocenters. The number of nitrogens with zero attached hydrogens (tertiary/aromatic N) is 2. The lowest BCUT2D eigenvalue weighted by molar-refractivity contribution is -0.394. The molecule has 2 aromatic rings. The van der Waals surface area contributed by atoms with Gasteiger partial charge in [0.15, 0.2) is 5.78 Å². The van der Waals surface area contributed by atoms with Gasteiger partial charge in [-0.2, -0.15) is 0 Å². The van der Waals surface area contributed by atoms with Crippen LogP contribution in [0, 0.1) is 20.2 Å². The molecule has 146 valence electrons. The van der Waals surface area contributed by atoms with E-state index in [1.807, 2.05) is 0 Å². The molecule has 2 aromatic carbocycles. The van der Waals surface area contributed by atoms with Crippen LogP contribution < -0.4 is 5.32 Å². The number of nitrogens with one attached hydrogen (secondary N) is 1. The number of carbonyl (C=O) groups is 2. The fourth-order valence-electron chi connectivity index (χ4n) is 2.64. The number of ketones is 1. The second-order valence-electron chi connectivity index (χ2n) is 6.09. The van der Waals surface area contributed by atoms with Crippen molar-refractivity contribution in [1.29, 1.82) is 0 Å². The van der Waals surface area contributed by atoms with Crippen molar-refractivity contribution >= 4 is 23.1 Å². The van der Waals surface area contributed by atoms with E-state index in [4.69, 9.17) is 0 Å². The topological polar surface area (TPSA) is 153 Å². The van der Waals surface area contributed by atoms with E-state index in [1.165, 1.54) is 6.92 Å². The zero-order chi connectivity index (χ0) is 20.8. The van der Waals surface area contributed by atoms with Crippen molar-refractivity contribution < 1.29 is 24.5 Å². The Bertz CT molecular complexity index is 882. The van der Waals surface area contributed by atoms with Crippen LogP contribution in [0.2, 0.25) is 0 Å². The Balaban J connectivity index is 2.23. The molecular weight excluding hydrogens is 370 g/mol. The molecule has 10 heteroatoms. The first-order valence-electron chi connectivity index (χ1n) is 8.20. The van der Waals surface area contributed by atoms with Crippen LogP contribution in [0.15, 0.2) is 48.5 Å². The Hall–Kier alpha value is -3.66. The van der Waals surface area contributed by atoms with E-state index in [0.717, 1.165) is 23.8 Å². The summed E-state index contributed by atoms with van der Waals surface area (Å²) < 4.78 is 0. The predicted molar refractivity (Wildman–Crippen MR) is 98.2 cm³/mol. The van der Waals surface area contributed by atoms with Gasteiger partial charge in [-0.1, -0.05) is 30.3 Å². The van der Waals surface area contributed by atoms with Gasteiger partial charge in [0, 0.05) is 17.7 Å². The number of rotatable bonds is 9. The van der Waals surface area contributed by atoms with E-state index in [9.17, 15) is 34.9 Å². The number of carboxylic acids is 1. The lowest BCUT2D eigenvalue weighted by Gasteiger charge is -2.19. The summed E-state index contributed by atoms with van der Waals surface area (Å²) in [6.07, 6.45) is 0.114. The van der Waals surface area contributed by atoms with Crippen molar-refractivity contribution in [2.45, 2.75) is 25.4 Å². The van der Waals surface area contributed by atoms with Gasteiger partial charge in [0.2, 0.25) is 0 Å². The molecule has 0 saturated heterocycles. The number of carbonyl (C=O) groups excluding carboxylic acids is 1. The number of carboxylic acid groups (broad SMARTS) is 1. The van der Waals surface area contributed by atoms with Crippen molar-refractivity contribution in [3.63, 3.8) is 0 Å². The zero-order valence-corrected chi connectivity index (χ0v) is 14.8. The van der Waals surface area contributed by atoms with E-state index in [2.05, 4.69) is 5.32 Å². The van der Waals surface area contributed by atoms with Crippen molar-refractivity contribution in [2.75, 3.05) is 0 Å². The minimum absolute atomic E-state index is 0.114. The first kappa shape index (κ1) is 20.6. The summed E-state index contributed by atoms with van der Waals surface area (Å²) >= 11 is 0. The second-order valence-corrected chi connectivity index (χ2v) is 6.09. The maximum Gasteiger partial charge on any atom is 0.321 e. The van der Waals surface area contributed by atoms with Gasteiger partial charge in [-0.25, -0.2) is 0 Å². The number of non-ortho nitro benzene ring substituents is 2. The Morgan fingerprint density at radius 1 is 1.04 bits per heavy atom. The molecule has 0 aromatic heterocycles. The number of nitro groups is 2. The van der Waals surface area contributed by atoms with E-state index in [0.29, 0.717) is 0 Å². The average molecular weight is 387 g/mol. The quantitative estimate of drug-likeness (QED) is 0.378. The van der Waals surface area contributed by atoms with Crippen molar-refractivity contribution in [2.24, 2.45) is 0 Å². The third-order valence-electron chi connectivity index (χ3n) is 4.03. The third kappa shape index (κ3) is 5.17. The van der Waals surface area contributed by atoms with Crippen LogP contribution in [0.3, 0.4) is 0 Å². The molecule has 0 amide bonds. The average Bonchev–Trinajstić information content (AvgIpc) is 2.67. The number of nitro benzene ring substituents is 2. The molecule has 2 atom stereocenters. The fraction of sp³-hybridized carbons (Fsp3) is 0.222. The number of Topliss-reactive ketones (excluding diaryl/α,β-unsaturated/α-hetero) is 1. The monoisotopic (exact) mass is 387 g/mol. The molecule has 2 rings (SSSR count). The van der Waals surface area contributed by atoms with Crippen LogP contribution in [0.25, 0.3) is 0 Å². The molecule has 0 aliphatic rings. The number of hydrogen-bond donors (Lipinski definition) is 2. The Morgan fingerprint density at radius 3 is 2.04 bits per heavy atom. The van der Waals surface area contributed by atoms with Gasteiger partial charge >= 0.3 is 5.97 Å². The van der Waals surface area contributed by atoms with Crippen molar-refractivity contribution in [1.82, 2.24) is 5.32 Å². The molecule has 2 N–H and O–H groups in total. The highest BCUT2D eigenvalue weighted by molar-refractivity contribution is 6.01. The smallest absolute Gasteiger partial charge is 0.321 e. The van der Waals surface area contributed by atoms with Crippen LogP contribution in [-0.2, 0) is 11.2 Å². The van der Waals surface area contributed by atoms with E-state index < -0.39 is 45.1 Å². The summed E-state index contributed by atoms with van der Waals surface area (Å²) in [6.45, 7) is 1.40. The van der Waals surface area contributed by atoms with Crippen molar-refractivity contribution in [3.05, 3.63) is 79.9 Å². The molecular formula is C18H17N3O7. The molecule has 0 heterocycles. The molecule has 0 bridgehead atoms. The zero-order valence-electron chi connectivity index (χ0n) is 14.8.